The minimum absolute atomic E-state index is 0. The van der Waals surface area contributed by atoms with Gasteiger partial charge in [-0.1, -0.05) is 0 Å². The van der Waals surface area contributed by atoms with E-state index in [1.807, 2.05) is 0 Å². The van der Waals surface area contributed by atoms with Crippen molar-refractivity contribution in [1.29, 1.82) is 0 Å². The number of hydrogen-bond donors (Lipinski definition) is 4. The van der Waals surface area contributed by atoms with E-state index < -0.39 is 14.6 Å². The van der Waals surface area contributed by atoms with Crippen LogP contribution in [-0.2, 0) is 9.61 Å². The molecule has 0 bridgehead atoms. The smallest absolute Gasteiger partial charge is 1.00 e. The average molecular weight is 170 g/mol. The predicted octanol–water partition coefficient (Wildman–Crippen LogP) is -8.89. The van der Waals surface area contributed by atoms with Crippen molar-refractivity contribution in [2.45, 2.75) is 0 Å². The first-order valence-corrected chi connectivity index (χ1v) is 1.67. The molecule has 4 N–H and O–H groups in total. The molecular formula is H6B2Na2O6. The molecule has 0 fully saturated rings. The van der Waals surface area contributed by atoms with Gasteiger partial charge in [-0.25, -0.2) is 9.61 Å². The van der Waals surface area contributed by atoms with Crippen LogP contribution >= 0.6 is 0 Å². The second-order valence-electron chi connectivity index (χ2n) is 0.845. The monoisotopic (exact) mass is 170 g/mol. The van der Waals surface area contributed by atoms with Crippen LogP contribution in [0.1, 0.15) is 2.85 Å². The Morgan fingerprint density at radius 2 is 1.00 bits per heavy atom. The molecular weight excluding hydrogens is 164 g/mol. The minimum atomic E-state index is -2.16. The third-order valence-electron chi connectivity index (χ3n) is 0.228. The van der Waals surface area contributed by atoms with Gasteiger partial charge in [0.2, 0.25) is 0 Å². The molecule has 0 aliphatic rings. The Morgan fingerprint density at radius 3 is 1.10 bits per heavy atom. The van der Waals surface area contributed by atoms with Gasteiger partial charge in [0.1, 0.15) is 0 Å². The zero-order valence-electron chi connectivity index (χ0n) is 7.76. The number of rotatable bonds is 3. The van der Waals surface area contributed by atoms with Crippen LogP contribution in [0.3, 0.4) is 0 Å². The maximum absolute atomic E-state index is 7.79. The molecule has 0 aromatic heterocycles. The van der Waals surface area contributed by atoms with E-state index in [1.165, 1.54) is 0 Å². The van der Waals surface area contributed by atoms with E-state index >= 15 is 0 Å². The summed E-state index contributed by atoms with van der Waals surface area (Å²) < 4.78 is 0. The molecule has 0 radical (unpaired) electrons. The van der Waals surface area contributed by atoms with Crippen molar-refractivity contribution in [2.24, 2.45) is 0 Å². The topological polar surface area (TPSA) is 99.4 Å². The second kappa shape index (κ2) is 10.9. The Morgan fingerprint density at radius 1 is 0.800 bits per heavy atom. The molecule has 6 nitrogen and oxygen atoms in total. The standard InChI is InChI=1S/B2H4O6.2Na.2H/c3-1(4)7-8-2(5)6;;;;/h3-6H;;;;/q;2*+1;2*-1. The third kappa shape index (κ3) is 16.5. The fourth-order valence-corrected chi connectivity index (χ4v) is 0.0994. The molecule has 0 saturated heterocycles. The van der Waals surface area contributed by atoms with Crippen LogP contribution in [0.4, 0.5) is 0 Å². The summed E-state index contributed by atoms with van der Waals surface area (Å²) >= 11 is 0. The van der Waals surface area contributed by atoms with Crippen LogP contribution in [0, 0.1) is 0 Å². The van der Waals surface area contributed by atoms with Crippen LogP contribution in [0.5, 0.6) is 0 Å². The van der Waals surface area contributed by atoms with E-state index in [0.29, 0.717) is 0 Å². The Kier molecular flexibility index (Phi) is 19.4. The van der Waals surface area contributed by atoms with E-state index in [9.17, 15) is 0 Å². The molecule has 0 aliphatic carbocycles. The molecule has 0 aliphatic heterocycles. The van der Waals surface area contributed by atoms with E-state index in [4.69, 9.17) is 20.1 Å². The quantitative estimate of drug-likeness (QED) is 0.190. The van der Waals surface area contributed by atoms with Crippen LogP contribution in [0.25, 0.3) is 0 Å². The predicted molar refractivity (Wildman–Crippen MR) is 24.8 cm³/mol. The molecule has 50 valence electrons. The molecule has 0 aromatic rings. The maximum Gasteiger partial charge on any atom is 1.00 e. The zero-order valence-corrected chi connectivity index (χ0v) is 9.76. The Balaban J connectivity index is -0.0000000408. The SMILES string of the molecule is OB(O)OOB(O)O.[H-].[H-].[Na+].[Na+]. The van der Waals surface area contributed by atoms with E-state index in [2.05, 4.69) is 9.61 Å². The largest absolute Gasteiger partial charge is 1.00 e. The van der Waals surface area contributed by atoms with Gasteiger partial charge >= 0.3 is 73.8 Å². The fourth-order valence-electron chi connectivity index (χ4n) is 0.0994. The molecule has 10 heavy (non-hydrogen) atoms. The minimum Gasteiger partial charge on any atom is -1.00 e. The molecule has 0 aromatic carbocycles. The van der Waals surface area contributed by atoms with Gasteiger partial charge in [0, 0.05) is 0 Å². The van der Waals surface area contributed by atoms with Crippen molar-refractivity contribution in [3.63, 3.8) is 0 Å². The van der Waals surface area contributed by atoms with E-state index in [1.54, 1.807) is 0 Å². The van der Waals surface area contributed by atoms with Crippen molar-refractivity contribution in [2.75, 3.05) is 0 Å². The summed E-state index contributed by atoms with van der Waals surface area (Å²) in [6.45, 7) is 0. The average Bonchev–Trinajstić information content (AvgIpc) is 1.61. The second-order valence-corrected chi connectivity index (χ2v) is 0.845. The van der Waals surface area contributed by atoms with Gasteiger partial charge < -0.3 is 22.9 Å². The van der Waals surface area contributed by atoms with E-state index in [0.717, 1.165) is 0 Å². The summed E-state index contributed by atoms with van der Waals surface area (Å²) in [4.78, 5) is 6.83. The Bertz CT molecular complexity index is 57.5. The van der Waals surface area contributed by atoms with Crippen molar-refractivity contribution in [1.82, 2.24) is 0 Å². The van der Waals surface area contributed by atoms with Crippen LogP contribution < -0.4 is 59.1 Å². The molecule has 0 amide bonds. The van der Waals surface area contributed by atoms with Crippen LogP contribution in [0.2, 0.25) is 0 Å². The van der Waals surface area contributed by atoms with Gasteiger partial charge in [-0.15, -0.1) is 0 Å². The van der Waals surface area contributed by atoms with Gasteiger partial charge in [-0.2, -0.15) is 0 Å². The zero-order chi connectivity index (χ0) is 6.57. The molecule has 0 atom stereocenters. The van der Waals surface area contributed by atoms with Crippen molar-refractivity contribution in [3.05, 3.63) is 0 Å². The third-order valence-corrected chi connectivity index (χ3v) is 0.228. The molecule has 0 rings (SSSR count). The summed E-state index contributed by atoms with van der Waals surface area (Å²) in [7, 11) is -4.31. The fraction of sp³-hybridized carbons (Fsp3) is 0. The summed E-state index contributed by atoms with van der Waals surface area (Å²) in [5.74, 6) is 0. The molecule has 0 heterocycles. The van der Waals surface area contributed by atoms with Crippen LogP contribution in [-0.4, -0.2) is 34.7 Å². The van der Waals surface area contributed by atoms with Crippen molar-refractivity contribution in [3.8, 4) is 0 Å². The van der Waals surface area contributed by atoms with Crippen LogP contribution in [0.15, 0.2) is 0 Å². The first kappa shape index (κ1) is 17.8. The normalized spacial score (nSPS) is 7.20. The first-order valence-electron chi connectivity index (χ1n) is 1.67. The number of hydrogen-bond acceptors (Lipinski definition) is 6. The Labute approximate surface area is 105 Å². The molecule has 0 unspecified atom stereocenters. The van der Waals surface area contributed by atoms with Crippen molar-refractivity contribution < 1.29 is 91.7 Å². The van der Waals surface area contributed by atoms with Gasteiger partial charge in [0.25, 0.3) is 0 Å². The van der Waals surface area contributed by atoms with E-state index in [-0.39, 0.29) is 62.0 Å². The maximum atomic E-state index is 7.79. The van der Waals surface area contributed by atoms with Crippen molar-refractivity contribution >= 4 is 14.6 Å². The Hall–Kier alpha value is 1.89. The van der Waals surface area contributed by atoms with Gasteiger partial charge in [-0.3, -0.25) is 0 Å². The van der Waals surface area contributed by atoms with Gasteiger partial charge in [-0.05, 0) is 0 Å². The van der Waals surface area contributed by atoms with Gasteiger partial charge in [0.05, 0.1) is 0 Å². The summed E-state index contributed by atoms with van der Waals surface area (Å²) in [6.07, 6.45) is 0. The van der Waals surface area contributed by atoms with Gasteiger partial charge in [0.15, 0.2) is 0 Å². The first-order chi connectivity index (χ1) is 3.63. The summed E-state index contributed by atoms with van der Waals surface area (Å²) in [6, 6.07) is 0. The summed E-state index contributed by atoms with van der Waals surface area (Å²) in [5.41, 5.74) is 0. The molecule has 0 spiro atoms. The molecule has 10 heteroatoms. The molecule has 0 saturated carbocycles. The summed E-state index contributed by atoms with van der Waals surface area (Å²) in [5, 5.41) is 31.1.